The molecule has 5 heteroatoms. The maximum atomic E-state index is 10.9. The van der Waals surface area contributed by atoms with E-state index >= 15 is 0 Å². The summed E-state index contributed by atoms with van der Waals surface area (Å²) in [4.78, 5) is 17.3. The smallest absolute Gasteiger partial charge is 0.324 e. The van der Waals surface area contributed by atoms with Crippen molar-refractivity contribution in [3.63, 3.8) is 0 Å². The van der Waals surface area contributed by atoms with E-state index < -0.39 is 0 Å². The molecule has 0 aromatic rings. The summed E-state index contributed by atoms with van der Waals surface area (Å²) in [5.74, 6) is -0.225. The van der Waals surface area contributed by atoms with Gasteiger partial charge in [0.2, 0.25) is 7.98 Å². The number of hydroxylamine groups is 1. The summed E-state index contributed by atoms with van der Waals surface area (Å²) in [6.07, 6.45) is 0.355. The van der Waals surface area contributed by atoms with Gasteiger partial charge in [-0.1, -0.05) is 13.8 Å². The highest BCUT2D eigenvalue weighted by Gasteiger charge is 2.08. The van der Waals surface area contributed by atoms with Crippen LogP contribution in [0.4, 0.5) is 0 Å². The third-order valence-electron chi connectivity index (χ3n) is 1.17. The number of thiol groups is 1. The number of carbonyl (C=O) groups excluding carboxylic acids is 1. The Balaban J connectivity index is 3.52. The van der Waals surface area contributed by atoms with E-state index in [0.717, 1.165) is 0 Å². The number of hydrogen-bond donors (Lipinski definition) is 1. The second-order valence-corrected chi connectivity index (χ2v) is 3.34. The SMILES string of the molecule is BN(CC)OC(=O)CC(C)S. The lowest BCUT2D eigenvalue weighted by molar-refractivity contribution is -0.168. The number of hydrogen-bond acceptors (Lipinski definition) is 4. The molecule has 0 fully saturated rings. The van der Waals surface area contributed by atoms with Crippen molar-refractivity contribution in [1.82, 2.24) is 4.97 Å². The van der Waals surface area contributed by atoms with Crippen LogP contribution < -0.4 is 0 Å². The first-order chi connectivity index (χ1) is 5.06. The van der Waals surface area contributed by atoms with E-state index in [2.05, 4.69) is 12.6 Å². The summed E-state index contributed by atoms with van der Waals surface area (Å²) in [6.45, 7) is 4.47. The van der Waals surface area contributed by atoms with Crippen LogP contribution in [0.1, 0.15) is 20.3 Å². The predicted molar refractivity (Wildman–Crippen MR) is 50.1 cm³/mol. The van der Waals surface area contributed by atoms with E-state index in [1.165, 1.54) is 4.97 Å². The minimum atomic E-state index is -0.225. The molecule has 0 heterocycles. The van der Waals surface area contributed by atoms with Crippen LogP contribution in [-0.2, 0) is 9.63 Å². The maximum Gasteiger partial charge on any atom is 0.324 e. The van der Waals surface area contributed by atoms with Crippen molar-refractivity contribution in [3.05, 3.63) is 0 Å². The van der Waals surface area contributed by atoms with Crippen molar-refractivity contribution in [1.29, 1.82) is 0 Å². The van der Waals surface area contributed by atoms with E-state index in [4.69, 9.17) is 4.84 Å². The largest absolute Gasteiger partial charge is 0.381 e. The fraction of sp³-hybridized carbons (Fsp3) is 0.833. The minimum absolute atomic E-state index is 0.0627. The van der Waals surface area contributed by atoms with Gasteiger partial charge < -0.3 is 4.84 Å². The van der Waals surface area contributed by atoms with Crippen molar-refractivity contribution in [2.24, 2.45) is 0 Å². The van der Waals surface area contributed by atoms with Crippen LogP contribution in [0.5, 0.6) is 0 Å². The van der Waals surface area contributed by atoms with Gasteiger partial charge in [0.15, 0.2) is 0 Å². The van der Waals surface area contributed by atoms with Crippen molar-refractivity contribution in [3.8, 4) is 0 Å². The van der Waals surface area contributed by atoms with Crippen LogP contribution in [0.25, 0.3) is 0 Å². The number of carbonyl (C=O) groups is 1. The number of rotatable bonds is 4. The van der Waals surface area contributed by atoms with Crippen LogP contribution in [0.2, 0.25) is 0 Å². The third-order valence-corrected chi connectivity index (χ3v) is 1.35. The molecule has 0 aliphatic heterocycles. The topological polar surface area (TPSA) is 29.5 Å². The lowest BCUT2D eigenvalue weighted by Crippen LogP contribution is -2.25. The molecule has 0 radical (unpaired) electrons. The van der Waals surface area contributed by atoms with E-state index in [0.29, 0.717) is 13.0 Å². The van der Waals surface area contributed by atoms with E-state index in [1.54, 1.807) is 7.98 Å². The van der Waals surface area contributed by atoms with Gasteiger partial charge in [0.25, 0.3) is 0 Å². The highest BCUT2D eigenvalue weighted by Crippen LogP contribution is 2.01. The highest BCUT2D eigenvalue weighted by atomic mass is 32.1. The molecule has 1 unspecified atom stereocenters. The molecule has 0 aliphatic carbocycles. The zero-order valence-electron chi connectivity index (χ0n) is 7.20. The predicted octanol–water partition coefficient (Wildman–Crippen LogP) is 0.0230. The molecule has 0 rings (SSSR count). The van der Waals surface area contributed by atoms with Crippen LogP contribution >= 0.6 is 12.6 Å². The molecule has 0 N–H and O–H groups in total. The molecule has 11 heavy (non-hydrogen) atoms. The van der Waals surface area contributed by atoms with Gasteiger partial charge in [-0.25, -0.2) is 0 Å². The molecule has 0 aromatic heterocycles. The monoisotopic (exact) mass is 175 g/mol. The third kappa shape index (κ3) is 6.25. The molecule has 0 bridgehead atoms. The van der Waals surface area contributed by atoms with Crippen molar-refractivity contribution >= 4 is 26.6 Å². The molecule has 3 nitrogen and oxygen atoms in total. The van der Waals surface area contributed by atoms with Gasteiger partial charge in [-0.05, 0) is 0 Å². The average Bonchev–Trinajstić information content (AvgIpc) is 1.85. The molecular weight excluding hydrogens is 161 g/mol. The quantitative estimate of drug-likeness (QED) is 0.371. The Labute approximate surface area is 73.9 Å². The lowest BCUT2D eigenvalue weighted by Gasteiger charge is -2.14. The summed E-state index contributed by atoms with van der Waals surface area (Å²) in [5, 5.41) is 0.0627. The Hall–Kier alpha value is -0.155. The second kappa shape index (κ2) is 5.49. The second-order valence-electron chi connectivity index (χ2n) is 2.46. The highest BCUT2D eigenvalue weighted by molar-refractivity contribution is 7.80. The molecule has 0 aromatic carbocycles. The Morgan fingerprint density at radius 1 is 1.82 bits per heavy atom. The van der Waals surface area contributed by atoms with Gasteiger partial charge in [0.05, 0.1) is 6.42 Å². The van der Waals surface area contributed by atoms with Crippen LogP contribution in [0.15, 0.2) is 0 Å². The molecule has 0 aliphatic rings. The van der Waals surface area contributed by atoms with E-state index in [1.807, 2.05) is 13.8 Å². The van der Waals surface area contributed by atoms with E-state index in [-0.39, 0.29) is 11.2 Å². The summed E-state index contributed by atoms with van der Waals surface area (Å²) in [5.41, 5.74) is 0. The van der Waals surface area contributed by atoms with Gasteiger partial charge in [-0.15, -0.1) is 0 Å². The normalized spacial score (nSPS) is 13.1. The van der Waals surface area contributed by atoms with Gasteiger partial charge in [-0.2, -0.15) is 17.6 Å². The number of nitrogens with zero attached hydrogens (tertiary/aromatic N) is 1. The minimum Gasteiger partial charge on any atom is -0.381 e. The lowest BCUT2D eigenvalue weighted by atomic mass is 10.3. The fourth-order valence-corrected chi connectivity index (χ4v) is 0.666. The summed E-state index contributed by atoms with van der Waals surface area (Å²) < 4.78 is 0. The molecule has 0 saturated carbocycles. The van der Waals surface area contributed by atoms with Gasteiger partial charge in [0.1, 0.15) is 0 Å². The first-order valence-electron chi connectivity index (χ1n) is 3.66. The van der Waals surface area contributed by atoms with Gasteiger partial charge in [-0.3, -0.25) is 4.79 Å². The molecule has 64 valence electrons. The molecular formula is C6H14BNO2S. The first kappa shape index (κ1) is 10.8. The van der Waals surface area contributed by atoms with Gasteiger partial charge in [0, 0.05) is 11.8 Å². The molecule has 1 atom stereocenters. The standard InChI is InChI=1S/C6H14BNO2S/c1-3-8(7)10-6(9)4-5(2)11/h5,11H,3-4,7H2,1-2H3. The van der Waals surface area contributed by atoms with Crippen LogP contribution in [0, 0.1) is 0 Å². The van der Waals surface area contributed by atoms with Crippen LogP contribution in [0.3, 0.4) is 0 Å². The summed E-state index contributed by atoms with van der Waals surface area (Å²) in [6, 6.07) is 0. The Kier molecular flexibility index (Phi) is 5.41. The van der Waals surface area contributed by atoms with Crippen molar-refractivity contribution in [2.45, 2.75) is 25.5 Å². The average molecular weight is 175 g/mol. The Morgan fingerprint density at radius 3 is 2.73 bits per heavy atom. The first-order valence-corrected chi connectivity index (χ1v) is 4.18. The van der Waals surface area contributed by atoms with Crippen LogP contribution in [-0.4, -0.2) is 30.7 Å². The fourth-order valence-electron chi connectivity index (χ4n) is 0.517. The summed E-state index contributed by atoms with van der Waals surface area (Å²) in [7, 11) is 1.72. The van der Waals surface area contributed by atoms with Crippen molar-refractivity contribution < 1.29 is 9.63 Å². The zero-order valence-corrected chi connectivity index (χ0v) is 8.10. The molecule has 0 saturated heterocycles. The Bertz CT molecular complexity index is 132. The Morgan fingerprint density at radius 2 is 2.36 bits per heavy atom. The van der Waals surface area contributed by atoms with Gasteiger partial charge >= 0.3 is 5.97 Å². The van der Waals surface area contributed by atoms with E-state index in [9.17, 15) is 4.79 Å². The molecule has 0 spiro atoms. The maximum absolute atomic E-state index is 10.9. The zero-order chi connectivity index (χ0) is 8.85. The van der Waals surface area contributed by atoms with Crippen molar-refractivity contribution in [2.75, 3.05) is 6.54 Å². The summed E-state index contributed by atoms with van der Waals surface area (Å²) >= 11 is 4.07. The molecule has 0 amide bonds.